The van der Waals surface area contributed by atoms with Crippen molar-refractivity contribution in [3.8, 4) is 0 Å². The lowest BCUT2D eigenvalue weighted by molar-refractivity contribution is 0.221. The molecule has 0 aliphatic rings. The average Bonchev–Trinajstić information content (AvgIpc) is 2.42. The first-order chi connectivity index (χ1) is 9.92. The Kier molecular flexibility index (Phi) is 7.41. The fourth-order valence-electron chi connectivity index (χ4n) is 3.39. The summed E-state index contributed by atoms with van der Waals surface area (Å²) >= 11 is 0. The van der Waals surface area contributed by atoms with Crippen LogP contribution in [0.5, 0.6) is 0 Å². The SMILES string of the molecule is CCC(CC)CN(CC)CC(N)c1c(C)cc(C)cc1C. The largest absolute Gasteiger partial charge is 0.323 e. The fraction of sp³-hybridized carbons (Fsp3) is 0.684. The van der Waals surface area contributed by atoms with Crippen molar-refractivity contribution in [2.45, 2.75) is 60.4 Å². The minimum atomic E-state index is 0.111. The van der Waals surface area contributed by atoms with E-state index in [9.17, 15) is 0 Å². The zero-order chi connectivity index (χ0) is 16.0. The first-order valence-electron chi connectivity index (χ1n) is 8.48. The van der Waals surface area contributed by atoms with Gasteiger partial charge in [-0.25, -0.2) is 0 Å². The summed E-state index contributed by atoms with van der Waals surface area (Å²) in [7, 11) is 0. The molecule has 0 fully saturated rings. The zero-order valence-corrected chi connectivity index (χ0v) is 14.9. The lowest BCUT2D eigenvalue weighted by Crippen LogP contribution is -2.36. The third-order valence-electron chi connectivity index (χ3n) is 4.68. The topological polar surface area (TPSA) is 29.3 Å². The van der Waals surface area contributed by atoms with E-state index in [0.29, 0.717) is 0 Å². The molecule has 0 radical (unpaired) electrons. The third kappa shape index (κ3) is 5.12. The summed E-state index contributed by atoms with van der Waals surface area (Å²) in [4.78, 5) is 2.51. The van der Waals surface area contributed by atoms with Crippen LogP contribution in [0.3, 0.4) is 0 Å². The molecule has 1 unspecified atom stereocenters. The maximum atomic E-state index is 6.54. The molecule has 0 heterocycles. The molecular weight excluding hydrogens is 256 g/mol. The molecule has 1 atom stereocenters. The third-order valence-corrected chi connectivity index (χ3v) is 4.68. The predicted molar refractivity (Wildman–Crippen MR) is 93.8 cm³/mol. The lowest BCUT2D eigenvalue weighted by Gasteiger charge is -2.29. The van der Waals surface area contributed by atoms with Gasteiger partial charge >= 0.3 is 0 Å². The Morgan fingerprint density at radius 3 is 1.90 bits per heavy atom. The highest BCUT2D eigenvalue weighted by Gasteiger charge is 2.17. The van der Waals surface area contributed by atoms with Gasteiger partial charge in [0, 0.05) is 19.1 Å². The molecule has 2 N–H and O–H groups in total. The van der Waals surface area contributed by atoms with Crippen LogP contribution in [0, 0.1) is 26.7 Å². The maximum Gasteiger partial charge on any atom is 0.0429 e. The first-order valence-corrected chi connectivity index (χ1v) is 8.48. The van der Waals surface area contributed by atoms with E-state index in [1.54, 1.807) is 0 Å². The second kappa shape index (κ2) is 8.55. The monoisotopic (exact) mass is 290 g/mol. The standard InChI is InChI=1S/C19H34N2/c1-7-17(8-2)12-21(9-3)13-18(20)19-15(5)10-14(4)11-16(19)6/h10-11,17-18H,7-9,12-13,20H2,1-6H3. The average molecular weight is 290 g/mol. The van der Waals surface area contributed by atoms with Crippen LogP contribution in [0.25, 0.3) is 0 Å². The number of benzene rings is 1. The molecule has 1 aromatic rings. The van der Waals surface area contributed by atoms with E-state index in [1.807, 2.05) is 0 Å². The van der Waals surface area contributed by atoms with Crippen LogP contribution in [-0.4, -0.2) is 24.5 Å². The number of aryl methyl sites for hydroxylation is 3. The van der Waals surface area contributed by atoms with Gasteiger partial charge in [-0.15, -0.1) is 0 Å². The maximum absolute atomic E-state index is 6.54. The van der Waals surface area contributed by atoms with Crippen LogP contribution in [0.1, 0.15) is 61.9 Å². The molecule has 0 amide bonds. The minimum absolute atomic E-state index is 0.111. The predicted octanol–water partition coefficient (Wildman–Crippen LogP) is 4.37. The number of nitrogens with zero attached hydrogens (tertiary/aromatic N) is 1. The van der Waals surface area contributed by atoms with Crippen molar-refractivity contribution in [1.29, 1.82) is 0 Å². The molecule has 0 aromatic heterocycles. The molecule has 21 heavy (non-hydrogen) atoms. The number of likely N-dealkylation sites (N-methyl/N-ethyl adjacent to an activating group) is 1. The summed E-state index contributed by atoms with van der Waals surface area (Å²) in [6, 6.07) is 4.61. The molecule has 0 spiro atoms. The fourth-order valence-corrected chi connectivity index (χ4v) is 3.39. The molecule has 0 bridgehead atoms. The normalized spacial score (nSPS) is 13.2. The van der Waals surface area contributed by atoms with E-state index in [4.69, 9.17) is 5.73 Å². The van der Waals surface area contributed by atoms with E-state index in [-0.39, 0.29) is 6.04 Å². The van der Waals surface area contributed by atoms with Crippen molar-refractivity contribution in [2.24, 2.45) is 11.7 Å². The van der Waals surface area contributed by atoms with E-state index in [0.717, 1.165) is 19.0 Å². The highest BCUT2D eigenvalue weighted by Crippen LogP contribution is 2.23. The Bertz CT molecular complexity index is 412. The Morgan fingerprint density at radius 1 is 0.952 bits per heavy atom. The van der Waals surface area contributed by atoms with Gasteiger partial charge in [-0.05, 0) is 49.9 Å². The van der Waals surface area contributed by atoms with Crippen molar-refractivity contribution in [1.82, 2.24) is 4.90 Å². The number of hydrogen-bond acceptors (Lipinski definition) is 2. The van der Waals surface area contributed by atoms with Gasteiger partial charge in [-0.3, -0.25) is 0 Å². The van der Waals surface area contributed by atoms with Gasteiger partial charge in [0.2, 0.25) is 0 Å². The molecule has 2 nitrogen and oxygen atoms in total. The van der Waals surface area contributed by atoms with Crippen LogP contribution in [0.2, 0.25) is 0 Å². The van der Waals surface area contributed by atoms with Crippen LogP contribution in [0.4, 0.5) is 0 Å². The number of rotatable bonds is 8. The van der Waals surface area contributed by atoms with E-state index in [2.05, 4.69) is 58.6 Å². The molecule has 2 heteroatoms. The van der Waals surface area contributed by atoms with Gasteiger partial charge in [0.1, 0.15) is 0 Å². The molecule has 0 saturated carbocycles. The summed E-state index contributed by atoms with van der Waals surface area (Å²) in [5.41, 5.74) is 11.9. The Balaban J connectivity index is 2.81. The summed E-state index contributed by atoms with van der Waals surface area (Å²) in [5.74, 6) is 0.789. The highest BCUT2D eigenvalue weighted by molar-refractivity contribution is 5.39. The lowest BCUT2D eigenvalue weighted by atomic mass is 9.94. The number of nitrogens with two attached hydrogens (primary N) is 1. The summed E-state index contributed by atoms with van der Waals surface area (Å²) < 4.78 is 0. The summed E-state index contributed by atoms with van der Waals surface area (Å²) in [6.45, 7) is 16.5. The minimum Gasteiger partial charge on any atom is -0.323 e. The Labute approximate surface area is 131 Å². The number of hydrogen-bond donors (Lipinski definition) is 1. The van der Waals surface area contributed by atoms with Crippen molar-refractivity contribution >= 4 is 0 Å². The Morgan fingerprint density at radius 2 is 1.48 bits per heavy atom. The molecular formula is C19H34N2. The van der Waals surface area contributed by atoms with Gasteiger partial charge in [0.15, 0.2) is 0 Å². The van der Waals surface area contributed by atoms with Gasteiger partial charge in [-0.2, -0.15) is 0 Å². The first kappa shape index (κ1) is 18.2. The summed E-state index contributed by atoms with van der Waals surface area (Å²) in [6.07, 6.45) is 2.51. The molecule has 0 saturated heterocycles. The van der Waals surface area contributed by atoms with Gasteiger partial charge < -0.3 is 10.6 Å². The van der Waals surface area contributed by atoms with Crippen molar-refractivity contribution in [3.05, 3.63) is 34.4 Å². The van der Waals surface area contributed by atoms with Gasteiger partial charge in [0.25, 0.3) is 0 Å². The second-order valence-corrected chi connectivity index (χ2v) is 6.45. The van der Waals surface area contributed by atoms with Crippen LogP contribution in [0.15, 0.2) is 12.1 Å². The van der Waals surface area contributed by atoms with Gasteiger partial charge in [-0.1, -0.05) is 51.3 Å². The second-order valence-electron chi connectivity index (χ2n) is 6.45. The van der Waals surface area contributed by atoms with E-state index < -0.39 is 0 Å². The van der Waals surface area contributed by atoms with E-state index in [1.165, 1.54) is 41.6 Å². The van der Waals surface area contributed by atoms with Crippen LogP contribution >= 0.6 is 0 Å². The quantitative estimate of drug-likeness (QED) is 0.770. The van der Waals surface area contributed by atoms with Crippen molar-refractivity contribution in [2.75, 3.05) is 19.6 Å². The molecule has 0 aliphatic carbocycles. The van der Waals surface area contributed by atoms with Crippen LogP contribution < -0.4 is 5.73 Å². The summed E-state index contributed by atoms with van der Waals surface area (Å²) in [5, 5.41) is 0. The highest BCUT2D eigenvalue weighted by atomic mass is 15.1. The molecule has 120 valence electrons. The van der Waals surface area contributed by atoms with Crippen molar-refractivity contribution in [3.63, 3.8) is 0 Å². The van der Waals surface area contributed by atoms with E-state index >= 15 is 0 Å². The molecule has 1 aromatic carbocycles. The molecule has 0 aliphatic heterocycles. The smallest absolute Gasteiger partial charge is 0.0429 e. The van der Waals surface area contributed by atoms with Crippen LogP contribution in [-0.2, 0) is 0 Å². The van der Waals surface area contributed by atoms with Gasteiger partial charge in [0.05, 0.1) is 0 Å². The van der Waals surface area contributed by atoms with Crippen molar-refractivity contribution < 1.29 is 0 Å². The Hall–Kier alpha value is -0.860. The zero-order valence-electron chi connectivity index (χ0n) is 14.9. The molecule has 1 rings (SSSR count).